The van der Waals surface area contributed by atoms with Gasteiger partial charge < -0.3 is 0 Å². The van der Waals surface area contributed by atoms with Crippen molar-refractivity contribution in [2.24, 2.45) is 0 Å². The van der Waals surface area contributed by atoms with Crippen molar-refractivity contribution in [1.82, 2.24) is 0 Å². The smallest absolute Gasteiger partial charge is 1.00 e. The zero-order valence-corrected chi connectivity index (χ0v) is 24.7. The first kappa shape index (κ1) is 36.0. The molecule has 0 amide bonds. The molecule has 0 aliphatic carbocycles. The summed E-state index contributed by atoms with van der Waals surface area (Å²) in [4.78, 5) is 0. The number of hydrogen-bond acceptors (Lipinski definition) is 0. The van der Waals surface area contributed by atoms with Crippen LogP contribution in [0.25, 0.3) is 0 Å². The van der Waals surface area contributed by atoms with Crippen molar-refractivity contribution in [2.45, 2.75) is 0 Å². The summed E-state index contributed by atoms with van der Waals surface area (Å²) in [6.45, 7) is 0. The second-order valence-electron chi connectivity index (χ2n) is 0. The molecule has 0 spiro atoms. The van der Waals surface area contributed by atoms with Gasteiger partial charge in [-0.1, -0.05) is 0 Å². The quantitative estimate of drug-likeness (QED) is 0.365. The molecule has 0 aromatic rings. The molecule has 0 radical (unpaired) electrons. The summed E-state index contributed by atoms with van der Waals surface area (Å²) in [6, 6.07) is 0. The van der Waals surface area contributed by atoms with Crippen LogP contribution in [0.3, 0.4) is 0 Å². The first-order valence-electron chi connectivity index (χ1n) is 0. The molecule has 0 heterocycles. The fourth-order valence-electron chi connectivity index (χ4n) is 0. The first-order valence-corrected chi connectivity index (χ1v) is 0. The van der Waals surface area contributed by atoms with Gasteiger partial charge in [-0.25, -0.2) is 0 Å². The van der Waals surface area contributed by atoms with Gasteiger partial charge in [0.1, 0.15) is 0 Å². The van der Waals surface area contributed by atoms with Crippen molar-refractivity contribution in [3.05, 3.63) is 0 Å². The molecule has 0 saturated heterocycles. The fourth-order valence-corrected chi connectivity index (χ4v) is 0. The molecule has 0 bridgehead atoms. The minimum absolute atomic E-state index is 0. The third-order valence-corrected chi connectivity index (χ3v) is 0. The molecule has 0 fully saturated rings. The molecule has 0 nitrogen and oxygen atoms in total. The third kappa shape index (κ3) is 23.6. The summed E-state index contributed by atoms with van der Waals surface area (Å²) in [5.74, 6) is 0. The summed E-state index contributed by atoms with van der Waals surface area (Å²) >= 11 is 0. The van der Waals surface area contributed by atoms with Gasteiger partial charge in [-0.3, -0.25) is 0 Å². The summed E-state index contributed by atoms with van der Waals surface area (Å²) in [6.07, 6.45) is 0. The monoisotopic (exact) mass is 234 g/mol. The van der Waals surface area contributed by atoms with E-state index in [1.807, 2.05) is 0 Å². The summed E-state index contributed by atoms with van der Waals surface area (Å²) in [7, 11) is 0. The van der Waals surface area contributed by atoms with E-state index < -0.39 is 0 Å². The average molecular weight is 235 g/mol. The largest absolute Gasteiger partial charge is 1.00 e. The van der Waals surface area contributed by atoms with E-state index in [4.69, 9.17) is 0 Å². The zero-order chi connectivity index (χ0) is 0. The summed E-state index contributed by atoms with van der Waals surface area (Å²) < 4.78 is 0. The van der Waals surface area contributed by atoms with Gasteiger partial charge >= 0.3 is 308 Å². The molecule has 0 unspecified atom stereocenters. The van der Waals surface area contributed by atoms with Crippen LogP contribution in [-0.4, -0.2) is 0 Å². The molecule has 0 atom stereocenters. The Bertz CT molecular complexity index is 0. The maximum atomic E-state index is 0. The normalized spacial score (nSPS) is 0. The fraction of sp³-hybridized carbons (Fsp3) is 0. The van der Waals surface area contributed by atoms with E-state index >= 15 is 0 Å². The van der Waals surface area contributed by atoms with E-state index in [2.05, 4.69) is 0 Å². The van der Waals surface area contributed by atoms with Gasteiger partial charge in [0.05, 0.1) is 0 Å². The molecule has 0 aromatic carbocycles. The molecule has 0 saturated carbocycles. The van der Waals surface area contributed by atoms with Gasteiger partial charge in [0.25, 0.3) is 0 Å². The van der Waals surface area contributed by atoms with Gasteiger partial charge in [0, 0.05) is 0 Å². The van der Waals surface area contributed by atoms with Crippen molar-refractivity contribution in [3.63, 3.8) is 0 Å². The Morgan fingerprint density at radius 3 is 0.167 bits per heavy atom. The van der Waals surface area contributed by atoms with Gasteiger partial charge in [-0.2, -0.15) is 0 Å². The predicted octanol–water partition coefficient (Wildman–Crippen LogP) is -18.0. The molecule has 0 N–H and O–H groups in total. The minimum Gasteiger partial charge on any atom is 1.00 e. The van der Waals surface area contributed by atoms with E-state index in [0.717, 1.165) is 0 Å². The molecule has 0 rings (SSSR count). The Balaban J connectivity index is 0. The van der Waals surface area contributed by atoms with E-state index in [-0.39, 0.29) is 308 Å². The van der Waals surface area contributed by atoms with E-state index in [1.54, 1.807) is 0 Å². The number of rotatable bonds is 0. The Labute approximate surface area is 295 Å². The van der Waals surface area contributed by atoms with Crippen LogP contribution in [0, 0.1) is 0 Å². The predicted molar refractivity (Wildman–Crippen MR) is 0 cm³/mol. The molecule has 0 aliphatic heterocycles. The van der Waals surface area contributed by atoms with Crippen LogP contribution in [0.1, 0.15) is 0 Å². The molecule has 0 aromatic heterocycles. The van der Waals surface area contributed by atoms with Crippen LogP contribution >= 0.6 is 0 Å². The van der Waals surface area contributed by atoms with Crippen LogP contribution in [0.2, 0.25) is 0 Å². The van der Waals surface area contributed by atoms with Crippen molar-refractivity contribution in [3.8, 4) is 0 Å². The van der Waals surface area contributed by atoms with Gasteiger partial charge in [-0.05, 0) is 0 Å². The summed E-state index contributed by atoms with van der Waals surface area (Å²) in [5.41, 5.74) is 0. The molecule has 0 aliphatic rings. The molecule has 6 heteroatoms. The molecular formula is K6+6. The van der Waals surface area contributed by atoms with Crippen LogP contribution in [0.4, 0.5) is 0 Å². The number of hydrogen-bond donors (Lipinski definition) is 0. The van der Waals surface area contributed by atoms with Gasteiger partial charge in [0.2, 0.25) is 0 Å². The Kier molecular flexibility index (Phi) is 176. The maximum absolute atomic E-state index is 0. The Hall–Kier alpha value is 9.82. The SMILES string of the molecule is [K+].[K+].[K+].[K+].[K+].[K+]. The van der Waals surface area contributed by atoms with Crippen molar-refractivity contribution in [2.75, 3.05) is 0 Å². The van der Waals surface area contributed by atoms with Crippen LogP contribution in [0.5, 0.6) is 0 Å². The van der Waals surface area contributed by atoms with Gasteiger partial charge in [0.15, 0.2) is 0 Å². The van der Waals surface area contributed by atoms with Crippen LogP contribution in [0.15, 0.2) is 0 Å². The second kappa shape index (κ2) is 29.4. The third-order valence-electron chi connectivity index (χ3n) is 0. The Morgan fingerprint density at radius 1 is 0.167 bits per heavy atom. The molecular weight excluding hydrogens is 235 g/mol. The minimum atomic E-state index is 0. The zero-order valence-electron chi connectivity index (χ0n) is 6.00. The van der Waals surface area contributed by atoms with Crippen LogP contribution < -0.4 is 308 Å². The average Bonchev–Trinajstić information content (AvgIpc) is 0. The van der Waals surface area contributed by atoms with Crippen molar-refractivity contribution in [1.29, 1.82) is 0 Å². The summed E-state index contributed by atoms with van der Waals surface area (Å²) in [5, 5.41) is 0. The topological polar surface area (TPSA) is 0 Å². The first-order chi connectivity index (χ1) is 0. The van der Waals surface area contributed by atoms with Crippen LogP contribution in [-0.2, 0) is 0 Å². The van der Waals surface area contributed by atoms with E-state index in [0.29, 0.717) is 0 Å². The maximum Gasteiger partial charge on any atom is 1.00 e. The van der Waals surface area contributed by atoms with Gasteiger partial charge in [-0.15, -0.1) is 0 Å². The second-order valence-corrected chi connectivity index (χ2v) is 0. The van der Waals surface area contributed by atoms with E-state index in [9.17, 15) is 0 Å². The molecule has 6 heavy (non-hydrogen) atoms. The van der Waals surface area contributed by atoms with E-state index in [1.165, 1.54) is 0 Å². The molecule has 0 valence electrons. The van der Waals surface area contributed by atoms with Crippen molar-refractivity contribution >= 4 is 0 Å². The Morgan fingerprint density at radius 2 is 0.167 bits per heavy atom. The standard InChI is InChI=1S/6K/q6*+1. The van der Waals surface area contributed by atoms with Crippen molar-refractivity contribution < 1.29 is 308 Å².